The van der Waals surface area contributed by atoms with Gasteiger partial charge in [-0.15, -0.1) is 0 Å². The van der Waals surface area contributed by atoms with Crippen molar-refractivity contribution in [3.05, 3.63) is 18.2 Å². The van der Waals surface area contributed by atoms with Crippen molar-refractivity contribution in [3.8, 4) is 0 Å². The van der Waals surface area contributed by atoms with Crippen molar-refractivity contribution in [2.24, 2.45) is 0 Å². The molecule has 3 nitrogen and oxygen atoms in total. The van der Waals surface area contributed by atoms with Crippen LogP contribution in [0.1, 0.15) is 33.0 Å². The van der Waals surface area contributed by atoms with Crippen LogP contribution in [0.5, 0.6) is 0 Å². The Balaban J connectivity index is 2.37. The van der Waals surface area contributed by atoms with Crippen molar-refractivity contribution < 1.29 is 0 Å². The first-order chi connectivity index (χ1) is 6.74. The Kier molecular flexibility index (Phi) is 4.66. The van der Waals surface area contributed by atoms with E-state index in [9.17, 15) is 0 Å². The Morgan fingerprint density at radius 3 is 2.93 bits per heavy atom. The standard InChI is InChI=1S/C11H21N3/c1-4-8-14-9-7-13-11(14)5-6-12-10(2)3/h7,9-10,12H,4-6,8H2,1-3H3. The van der Waals surface area contributed by atoms with Gasteiger partial charge in [-0.25, -0.2) is 4.98 Å². The van der Waals surface area contributed by atoms with Gasteiger partial charge in [-0.2, -0.15) is 0 Å². The molecule has 1 heterocycles. The minimum Gasteiger partial charge on any atom is -0.335 e. The molecule has 0 spiro atoms. The monoisotopic (exact) mass is 195 g/mol. The highest BCUT2D eigenvalue weighted by Gasteiger charge is 2.01. The van der Waals surface area contributed by atoms with Crippen LogP contribution in [0.2, 0.25) is 0 Å². The van der Waals surface area contributed by atoms with Gasteiger partial charge in [-0.1, -0.05) is 20.8 Å². The van der Waals surface area contributed by atoms with Crippen LogP contribution < -0.4 is 5.32 Å². The highest BCUT2D eigenvalue weighted by molar-refractivity contribution is 4.93. The molecule has 0 aliphatic rings. The molecule has 1 aromatic heterocycles. The lowest BCUT2D eigenvalue weighted by Gasteiger charge is -2.09. The highest BCUT2D eigenvalue weighted by atomic mass is 15.1. The normalized spacial score (nSPS) is 11.1. The molecule has 0 saturated carbocycles. The molecule has 0 aliphatic carbocycles. The first-order valence-electron chi connectivity index (χ1n) is 5.47. The predicted octanol–water partition coefficient (Wildman–Crippen LogP) is 1.83. The number of hydrogen-bond acceptors (Lipinski definition) is 2. The van der Waals surface area contributed by atoms with E-state index in [1.807, 2.05) is 6.20 Å². The van der Waals surface area contributed by atoms with E-state index in [-0.39, 0.29) is 0 Å². The van der Waals surface area contributed by atoms with Crippen molar-refractivity contribution in [1.82, 2.24) is 14.9 Å². The van der Waals surface area contributed by atoms with Gasteiger partial charge in [0, 0.05) is 37.9 Å². The number of imidazole rings is 1. The van der Waals surface area contributed by atoms with E-state index < -0.39 is 0 Å². The molecule has 0 fully saturated rings. The maximum absolute atomic E-state index is 4.35. The fourth-order valence-electron chi connectivity index (χ4n) is 1.49. The van der Waals surface area contributed by atoms with E-state index in [1.54, 1.807) is 0 Å². The third-order valence-corrected chi connectivity index (χ3v) is 2.17. The molecule has 3 heteroatoms. The maximum Gasteiger partial charge on any atom is 0.109 e. The van der Waals surface area contributed by atoms with Gasteiger partial charge in [-0.05, 0) is 6.42 Å². The van der Waals surface area contributed by atoms with Crippen molar-refractivity contribution in [2.45, 2.75) is 46.2 Å². The van der Waals surface area contributed by atoms with E-state index in [4.69, 9.17) is 0 Å². The number of aryl methyl sites for hydroxylation is 1. The first kappa shape index (κ1) is 11.2. The van der Waals surface area contributed by atoms with E-state index in [1.165, 1.54) is 12.2 Å². The molecule has 1 N–H and O–H groups in total. The molecular formula is C11H21N3. The van der Waals surface area contributed by atoms with Gasteiger partial charge in [0.1, 0.15) is 5.82 Å². The maximum atomic E-state index is 4.35. The third-order valence-electron chi connectivity index (χ3n) is 2.17. The topological polar surface area (TPSA) is 29.9 Å². The Bertz CT molecular complexity index is 253. The summed E-state index contributed by atoms with van der Waals surface area (Å²) in [4.78, 5) is 4.35. The highest BCUT2D eigenvalue weighted by Crippen LogP contribution is 1.99. The summed E-state index contributed by atoms with van der Waals surface area (Å²) in [6.07, 6.45) is 6.14. The van der Waals surface area contributed by atoms with Crippen LogP contribution in [0.25, 0.3) is 0 Å². The summed E-state index contributed by atoms with van der Waals surface area (Å²) >= 11 is 0. The molecule has 0 aromatic carbocycles. The predicted molar refractivity (Wildman–Crippen MR) is 59.4 cm³/mol. The van der Waals surface area contributed by atoms with E-state index in [0.717, 1.165) is 19.5 Å². The van der Waals surface area contributed by atoms with Crippen molar-refractivity contribution in [1.29, 1.82) is 0 Å². The molecule has 1 rings (SSSR count). The second-order valence-corrected chi connectivity index (χ2v) is 3.90. The Labute approximate surface area is 86.5 Å². The lowest BCUT2D eigenvalue weighted by atomic mass is 10.3. The Morgan fingerprint density at radius 1 is 1.50 bits per heavy atom. The molecule has 0 aliphatic heterocycles. The first-order valence-corrected chi connectivity index (χ1v) is 5.47. The molecular weight excluding hydrogens is 174 g/mol. The summed E-state index contributed by atoms with van der Waals surface area (Å²) in [6.45, 7) is 8.61. The molecule has 0 radical (unpaired) electrons. The fourth-order valence-corrected chi connectivity index (χ4v) is 1.49. The van der Waals surface area contributed by atoms with Crippen molar-refractivity contribution in [2.75, 3.05) is 6.54 Å². The zero-order valence-electron chi connectivity index (χ0n) is 9.45. The number of aromatic nitrogens is 2. The van der Waals surface area contributed by atoms with E-state index in [0.29, 0.717) is 6.04 Å². The van der Waals surface area contributed by atoms with Crippen LogP contribution in [0.3, 0.4) is 0 Å². The van der Waals surface area contributed by atoms with Gasteiger partial charge in [0.25, 0.3) is 0 Å². The molecule has 0 amide bonds. The largest absolute Gasteiger partial charge is 0.335 e. The number of rotatable bonds is 6. The molecule has 0 atom stereocenters. The number of nitrogens with one attached hydrogen (secondary N) is 1. The van der Waals surface area contributed by atoms with Gasteiger partial charge in [0.05, 0.1) is 0 Å². The molecule has 80 valence electrons. The van der Waals surface area contributed by atoms with Crippen LogP contribution in [-0.4, -0.2) is 22.1 Å². The molecule has 1 aromatic rings. The number of nitrogens with zero attached hydrogens (tertiary/aromatic N) is 2. The Morgan fingerprint density at radius 2 is 2.29 bits per heavy atom. The van der Waals surface area contributed by atoms with Crippen LogP contribution >= 0.6 is 0 Å². The van der Waals surface area contributed by atoms with Crippen LogP contribution in [0.4, 0.5) is 0 Å². The van der Waals surface area contributed by atoms with Crippen molar-refractivity contribution in [3.63, 3.8) is 0 Å². The molecule has 0 saturated heterocycles. The summed E-state index contributed by atoms with van der Waals surface area (Å²) in [5.74, 6) is 1.19. The van der Waals surface area contributed by atoms with Gasteiger partial charge in [0.2, 0.25) is 0 Å². The summed E-state index contributed by atoms with van der Waals surface area (Å²) in [5.41, 5.74) is 0. The third kappa shape index (κ3) is 3.50. The zero-order chi connectivity index (χ0) is 10.4. The van der Waals surface area contributed by atoms with Crippen LogP contribution in [-0.2, 0) is 13.0 Å². The minimum absolute atomic E-state index is 0.560. The average Bonchev–Trinajstić information content (AvgIpc) is 2.53. The summed E-state index contributed by atoms with van der Waals surface area (Å²) in [6, 6.07) is 0.560. The molecule has 0 bridgehead atoms. The van der Waals surface area contributed by atoms with Gasteiger partial charge in [0.15, 0.2) is 0 Å². The molecule has 14 heavy (non-hydrogen) atoms. The summed E-state index contributed by atoms with van der Waals surface area (Å²) < 4.78 is 2.24. The van der Waals surface area contributed by atoms with Crippen LogP contribution in [0.15, 0.2) is 12.4 Å². The quantitative estimate of drug-likeness (QED) is 0.750. The SMILES string of the molecule is CCCn1ccnc1CCNC(C)C. The van der Waals surface area contributed by atoms with E-state index >= 15 is 0 Å². The average molecular weight is 195 g/mol. The zero-order valence-corrected chi connectivity index (χ0v) is 9.45. The second kappa shape index (κ2) is 5.81. The summed E-state index contributed by atoms with van der Waals surface area (Å²) in [7, 11) is 0. The molecule has 0 unspecified atom stereocenters. The lowest BCUT2D eigenvalue weighted by Crippen LogP contribution is -2.25. The second-order valence-electron chi connectivity index (χ2n) is 3.90. The number of hydrogen-bond donors (Lipinski definition) is 1. The van der Waals surface area contributed by atoms with Gasteiger partial charge in [-0.3, -0.25) is 0 Å². The summed E-state index contributed by atoms with van der Waals surface area (Å²) in [5, 5.41) is 3.40. The van der Waals surface area contributed by atoms with Gasteiger partial charge < -0.3 is 9.88 Å². The van der Waals surface area contributed by atoms with E-state index in [2.05, 4.69) is 41.8 Å². The minimum atomic E-state index is 0.560. The van der Waals surface area contributed by atoms with Crippen LogP contribution in [0, 0.1) is 0 Å². The van der Waals surface area contributed by atoms with Crippen molar-refractivity contribution >= 4 is 0 Å². The lowest BCUT2D eigenvalue weighted by molar-refractivity contribution is 0.563. The fraction of sp³-hybridized carbons (Fsp3) is 0.727. The van der Waals surface area contributed by atoms with Gasteiger partial charge >= 0.3 is 0 Å². The Hall–Kier alpha value is -0.830. The smallest absolute Gasteiger partial charge is 0.109 e.